The van der Waals surface area contributed by atoms with E-state index in [1.165, 1.54) is 12.8 Å². The van der Waals surface area contributed by atoms with Gasteiger partial charge in [-0.15, -0.1) is 0 Å². The van der Waals surface area contributed by atoms with Crippen LogP contribution in [0.1, 0.15) is 12.8 Å². The lowest BCUT2D eigenvalue weighted by Crippen LogP contribution is -2.05. The van der Waals surface area contributed by atoms with Crippen LogP contribution in [0, 0.1) is 5.92 Å². The summed E-state index contributed by atoms with van der Waals surface area (Å²) in [6.45, 7) is 1.04. The second-order valence-corrected chi connectivity index (χ2v) is 3.79. The number of fused-ring (bicyclic) bond motifs is 1. The Labute approximate surface area is 81.8 Å². The number of H-pyrrole nitrogens is 1. The molecule has 4 heteroatoms. The molecule has 0 atom stereocenters. The third-order valence-corrected chi connectivity index (χ3v) is 2.61. The van der Waals surface area contributed by atoms with Crippen molar-refractivity contribution in [3.8, 4) is 0 Å². The first-order valence-electron chi connectivity index (χ1n) is 4.95. The normalized spacial score (nSPS) is 16.0. The van der Waals surface area contributed by atoms with E-state index in [0.717, 1.165) is 29.3 Å². The van der Waals surface area contributed by atoms with Crippen molar-refractivity contribution in [2.24, 2.45) is 5.92 Å². The molecule has 4 nitrogen and oxygen atoms in total. The first-order chi connectivity index (χ1) is 6.93. The van der Waals surface area contributed by atoms with Crippen LogP contribution in [0.25, 0.3) is 11.0 Å². The lowest BCUT2D eigenvalue weighted by atomic mass is 10.3. The van der Waals surface area contributed by atoms with Crippen molar-refractivity contribution in [2.75, 3.05) is 11.9 Å². The van der Waals surface area contributed by atoms with Crippen LogP contribution < -0.4 is 5.32 Å². The van der Waals surface area contributed by atoms with Gasteiger partial charge >= 0.3 is 0 Å². The van der Waals surface area contributed by atoms with E-state index in [-0.39, 0.29) is 0 Å². The average molecular weight is 188 g/mol. The molecule has 72 valence electrons. The number of anilines is 1. The molecule has 2 heterocycles. The highest BCUT2D eigenvalue weighted by Crippen LogP contribution is 2.29. The molecule has 0 unspecified atom stereocenters. The molecular formula is C10H12N4. The SMILES string of the molecule is c1nc(NCC2CC2)c2cc[nH]c2n1. The Balaban J connectivity index is 1.89. The molecule has 14 heavy (non-hydrogen) atoms. The molecule has 1 aliphatic rings. The standard InChI is InChI=1S/C10H12N4/c1-2-7(1)5-12-10-8-3-4-11-9(8)13-6-14-10/h3-4,6-7H,1-2,5H2,(H2,11,12,13,14). The maximum Gasteiger partial charge on any atom is 0.142 e. The molecule has 2 aromatic rings. The summed E-state index contributed by atoms with van der Waals surface area (Å²) in [5, 5.41) is 4.44. The van der Waals surface area contributed by atoms with E-state index in [1.807, 2.05) is 12.3 Å². The highest BCUT2D eigenvalue weighted by atomic mass is 15.0. The molecule has 0 radical (unpaired) electrons. The van der Waals surface area contributed by atoms with Crippen molar-refractivity contribution in [3.05, 3.63) is 18.6 Å². The van der Waals surface area contributed by atoms with Gasteiger partial charge in [-0.2, -0.15) is 0 Å². The highest BCUT2D eigenvalue weighted by Gasteiger charge is 2.21. The van der Waals surface area contributed by atoms with Gasteiger partial charge in [0.15, 0.2) is 0 Å². The maximum atomic E-state index is 4.24. The molecular weight excluding hydrogens is 176 g/mol. The van der Waals surface area contributed by atoms with Crippen LogP contribution in [0.4, 0.5) is 5.82 Å². The summed E-state index contributed by atoms with van der Waals surface area (Å²) in [4.78, 5) is 11.4. The smallest absolute Gasteiger partial charge is 0.142 e. The summed E-state index contributed by atoms with van der Waals surface area (Å²) in [7, 11) is 0. The largest absolute Gasteiger partial charge is 0.369 e. The van der Waals surface area contributed by atoms with Gasteiger partial charge in [-0.1, -0.05) is 0 Å². The molecule has 2 aromatic heterocycles. The van der Waals surface area contributed by atoms with Gasteiger partial charge in [-0.25, -0.2) is 9.97 Å². The van der Waals surface area contributed by atoms with E-state index in [4.69, 9.17) is 0 Å². The van der Waals surface area contributed by atoms with E-state index in [0.29, 0.717) is 0 Å². The molecule has 2 N–H and O–H groups in total. The Morgan fingerprint density at radius 3 is 3.21 bits per heavy atom. The van der Waals surface area contributed by atoms with Crippen LogP contribution >= 0.6 is 0 Å². The summed E-state index contributed by atoms with van der Waals surface area (Å²) < 4.78 is 0. The molecule has 0 aromatic carbocycles. The van der Waals surface area contributed by atoms with Crippen LogP contribution in [0.2, 0.25) is 0 Å². The molecule has 0 bridgehead atoms. The van der Waals surface area contributed by atoms with Crippen molar-refractivity contribution in [1.29, 1.82) is 0 Å². The predicted octanol–water partition coefficient (Wildman–Crippen LogP) is 1.78. The van der Waals surface area contributed by atoms with E-state index >= 15 is 0 Å². The molecule has 1 fully saturated rings. The summed E-state index contributed by atoms with van der Waals surface area (Å²) in [5.41, 5.74) is 0.901. The molecule has 3 rings (SSSR count). The zero-order chi connectivity index (χ0) is 9.38. The average Bonchev–Trinajstić information content (AvgIpc) is 2.91. The topological polar surface area (TPSA) is 53.6 Å². The van der Waals surface area contributed by atoms with Crippen molar-refractivity contribution in [3.63, 3.8) is 0 Å². The third-order valence-electron chi connectivity index (χ3n) is 2.61. The van der Waals surface area contributed by atoms with Gasteiger partial charge in [0, 0.05) is 12.7 Å². The van der Waals surface area contributed by atoms with Gasteiger partial charge in [0.25, 0.3) is 0 Å². The molecule has 1 aliphatic carbocycles. The molecule has 0 spiro atoms. The lowest BCUT2D eigenvalue weighted by molar-refractivity contribution is 0.883. The van der Waals surface area contributed by atoms with Crippen molar-refractivity contribution >= 4 is 16.9 Å². The number of rotatable bonds is 3. The Morgan fingerprint density at radius 1 is 1.43 bits per heavy atom. The number of hydrogen-bond acceptors (Lipinski definition) is 3. The summed E-state index contributed by atoms with van der Waals surface area (Å²) in [6.07, 6.45) is 6.19. The van der Waals surface area contributed by atoms with Crippen LogP contribution in [0.3, 0.4) is 0 Å². The molecule has 1 saturated carbocycles. The molecule has 0 amide bonds. The van der Waals surface area contributed by atoms with Gasteiger partial charge in [0.1, 0.15) is 17.8 Å². The van der Waals surface area contributed by atoms with Crippen LogP contribution in [0.15, 0.2) is 18.6 Å². The van der Waals surface area contributed by atoms with Crippen LogP contribution in [-0.4, -0.2) is 21.5 Å². The number of hydrogen-bond donors (Lipinski definition) is 2. The van der Waals surface area contributed by atoms with Crippen molar-refractivity contribution in [2.45, 2.75) is 12.8 Å². The second kappa shape index (κ2) is 2.97. The number of aromatic amines is 1. The minimum atomic E-state index is 0.860. The van der Waals surface area contributed by atoms with E-state index in [1.54, 1.807) is 6.33 Å². The summed E-state index contributed by atoms with van der Waals surface area (Å²) >= 11 is 0. The minimum absolute atomic E-state index is 0.860. The summed E-state index contributed by atoms with van der Waals surface area (Å²) in [5.74, 6) is 1.81. The Kier molecular flexibility index (Phi) is 1.65. The summed E-state index contributed by atoms with van der Waals surface area (Å²) in [6, 6.07) is 2.00. The Bertz CT molecular complexity index is 444. The molecule has 0 aliphatic heterocycles. The van der Waals surface area contributed by atoms with Gasteiger partial charge in [-0.05, 0) is 24.8 Å². The van der Waals surface area contributed by atoms with Crippen LogP contribution in [-0.2, 0) is 0 Å². The van der Waals surface area contributed by atoms with Crippen molar-refractivity contribution in [1.82, 2.24) is 15.0 Å². The quantitative estimate of drug-likeness (QED) is 0.772. The van der Waals surface area contributed by atoms with Gasteiger partial charge in [-0.3, -0.25) is 0 Å². The van der Waals surface area contributed by atoms with E-state index in [2.05, 4.69) is 20.3 Å². The fraction of sp³-hybridized carbons (Fsp3) is 0.400. The number of nitrogens with one attached hydrogen (secondary N) is 2. The monoisotopic (exact) mass is 188 g/mol. The zero-order valence-electron chi connectivity index (χ0n) is 7.83. The Morgan fingerprint density at radius 2 is 2.36 bits per heavy atom. The fourth-order valence-electron chi connectivity index (χ4n) is 1.58. The van der Waals surface area contributed by atoms with Gasteiger partial charge in [0.05, 0.1) is 5.39 Å². The first kappa shape index (κ1) is 7.79. The lowest BCUT2D eigenvalue weighted by Gasteiger charge is -2.04. The maximum absolute atomic E-state index is 4.24. The first-order valence-corrected chi connectivity index (χ1v) is 4.95. The zero-order valence-corrected chi connectivity index (χ0v) is 7.83. The van der Waals surface area contributed by atoms with Gasteiger partial charge < -0.3 is 10.3 Å². The van der Waals surface area contributed by atoms with E-state index < -0.39 is 0 Å². The predicted molar refractivity (Wildman–Crippen MR) is 55.1 cm³/mol. The molecule has 0 saturated heterocycles. The Hall–Kier alpha value is -1.58. The third kappa shape index (κ3) is 1.32. The fourth-order valence-corrected chi connectivity index (χ4v) is 1.58. The highest BCUT2D eigenvalue weighted by molar-refractivity contribution is 5.86. The number of nitrogens with zero attached hydrogens (tertiary/aromatic N) is 2. The van der Waals surface area contributed by atoms with Crippen molar-refractivity contribution < 1.29 is 0 Å². The van der Waals surface area contributed by atoms with Crippen LogP contribution in [0.5, 0.6) is 0 Å². The minimum Gasteiger partial charge on any atom is -0.369 e. The number of aromatic nitrogens is 3. The van der Waals surface area contributed by atoms with Gasteiger partial charge in [0.2, 0.25) is 0 Å². The van der Waals surface area contributed by atoms with E-state index in [9.17, 15) is 0 Å². The second-order valence-electron chi connectivity index (χ2n) is 3.79.